The normalized spacial score (nSPS) is 17.4. The maximum Gasteiger partial charge on any atom is 0.228 e. The van der Waals surface area contributed by atoms with Crippen LogP contribution in [-0.2, 0) is 23.2 Å². The summed E-state index contributed by atoms with van der Waals surface area (Å²) in [6, 6.07) is 3.37. The smallest absolute Gasteiger partial charge is 0.228 e. The lowest BCUT2D eigenvalue weighted by Crippen LogP contribution is -2.33. The Labute approximate surface area is 136 Å². The Balaban J connectivity index is 1.67. The molecule has 2 heterocycles. The van der Waals surface area contributed by atoms with Crippen molar-refractivity contribution in [2.75, 3.05) is 11.4 Å². The van der Waals surface area contributed by atoms with Crippen LogP contribution in [0.5, 0.6) is 0 Å². The number of carbonyl (C=O) groups is 2. The Kier molecular flexibility index (Phi) is 4.24. The largest absolute Gasteiger partial charge is 0.348 e. The highest BCUT2D eigenvalue weighted by molar-refractivity contribution is 6.00. The summed E-state index contributed by atoms with van der Waals surface area (Å²) in [6.07, 6.45) is 1.40. The van der Waals surface area contributed by atoms with E-state index in [9.17, 15) is 18.4 Å². The van der Waals surface area contributed by atoms with Gasteiger partial charge in [0.25, 0.3) is 0 Å². The molecule has 9 heteroatoms. The van der Waals surface area contributed by atoms with Crippen molar-refractivity contribution in [2.45, 2.75) is 13.0 Å². The first-order valence-corrected chi connectivity index (χ1v) is 7.32. The van der Waals surface area contributed by atoms with Gasteiger partial charge < -0.3 is 10.2 Å². The first-order valence-electron chi connectivity index (χ1n) is 7.32. The lowest BCUT2D eigenvalue weighted by Gasteiger charge is -2.18. The van der Waals surface area contributed by atoms with Crippen LogP contribution in [0.1, 0.15) is 12.2 Å². The van der Waals surface area contributed by atoms with Crippen LogP contribution in [-0.4, -0.2) is 33.1 Å². The zero-order chi connectivity index (χ0) is 17.3. The molecule has 0 radical (unpaired) electrons. The third kappa shape index (κ3) is 3.10. The first kappa shape index (κ1) is 16.0. The van der Waals surface area contributed by atoms with Gasteiger partial charge in [-0.05, 0) is 12.1 Å². The highest BCUT2D eigenvalue weighted by Crippen LogP contribution is 2.29. The molecule has 7 nitrogen and oxygen atoms in total. The van der Waals surface area contributed by atoms with Crippen LogP contribution in [0, 0.1) is 17.6 Å². The summed E-state index contributed by atoms with van der Waals surface area (Å²) in [5, 5.41) is 6.66. The topological polar surface area (TPSA) is 80.1 Å². The number of aromatic nitrogens is 3. The Hall–Kier alpha value is -2.84. The number of hydrogen-bond acceptors (Lipinski definition) is 4. The van der Waals surface area contributed by atoms with E-state index in [-0.39, 0.29) is 25.4 Å². The number of anilines is 1. The molecule has 0 saturated carbocycles. The Morgan fingerprint density at radius 1 is 1.38 bits per heavy atom. The number of para-hydroxylation sites is 1. The molecule has 3 rings (SSSR count). The van der Waals surface area contributed by atoms with Crippen molar-refractivity contribution in [3.05, 3.63) is 42.0 Å². The van der Waals surface area contributed by atoms with E-state index in [4.69, 9.17) is 0 Å². The molecule has 1 aliphatic heterocycles. The fourth-order valence-corrected chi connectivity index (χ4v) is 2.62. The van der Waals surface area contributed by atoms with Gasteiger partial charge in [-0.25, -0.2) is 13.8 Å². The van der Waals surface area contributed by atoms with Crippen LogP contribution < -0.4 is 10.2 Å². The fraction of sp³-hybridized carbons (Fsp3) is 0.333. The summed E-state index contributed by atoms with van der Waals surface area (Å²) in [6.45, 7) is 0.0522. The maximum atomic E-state index is 13.8. The van der Waals surface area contributed by atoms with E-state index < -0.39 is 29.1 Å². The summed E-state index contributed by atoms with van der Waals surface area (Å²) < 4.78 is 29.1. The minimum absolute atomic E-state index is 0.0713. The van der Waals surface area contributed by atoms with E-state index in [1.807, 2.05) is 0 Å². The fourth-order valence-electron chi connectivity index (χ4n) is 2.62. The van der Waals surface area contributed by atoms with Crippen LogP contribution in [0.15, 0.2) is 24.5 Å². The van der Waals surface area contributed by atoms with Crippen molar-refractivity contribution < 1.29 is 18.4 Å². The molecule has 0 unspecified atom stereocenters. The van der Waals surface area contributed by atoms with Gasteiger partial charge in [-0.2, -0.15) is 5.10 Å². The third-order valence-electron chi connectivity index (χ3n) is 3.77. The monoisotopic (exact) mass is 335 g/mol. The number of benzene rings is 1. The molecule has 2 amide bonds. The Bertz CT molecular complexity index is 772. The molecule has 2 aromatic rings. The Morgan fingerprint density at radius 2 is 2.08 bits per heavy atom. The predicted molar refractivity (Wildman–Crippen MR) is 79.7 cm³/mol. The standard InChI is InChI=1S/C15H15F2N5O2/c1-21-8-19-12(20-21)6-18-15(24)9-5-13(23)22(7-9)14-10(16)3-2-4-11(14)17/h2-4,8-9H,5-7H2,1H3,(H,18,24)/t9-/m1/s1. The van der Waals surface area contributed by atoms with Gasteiger partial charge in [0, 0.05) is 20.0 Å². The van der Waals surface area contributed by atoms with Gasteiger partial charge in [-0.1, -0.05) is 6.07 Å². The van der Waals surface area contributed by atoms with Crippen molar-refractivity contribution in [3.8, 4) is 0 Å². The van der Waals surface area contributed by atoms with Crippen LogP contribution in [0.4, 0.5) is 14.5 Å². The molecule has 1 fully saturated rings. The summed E-state index contributed by atoms with van der Waals surface area (Å²) in [4.78, 5) is 29.2. The van der Waals surface area contributed by atoms with E-state index >= 15 is 0 Å². The van der Waals surface area contributed by atoms with Gasteiger partial charge in [0.15, 0.2) is 5.82 Å². The minimum Gasteiger partial charge on any atom is -0.348 e. The van der Waals surface area contributed by atoms with Gasteiger partial charge >= 0.3 is 0 Å². The van der Waals surface area contributed by atoms with Crippen LogP contribution >= 0.6 is 0 Å². The van der Waals surface area contributed by atoms with Gasteiger partial charge in [0.1, 0.15) is 23.6 Å². The van der Waals surface area contributed by atoms with E-state index in [0.29, 0.717) is 5.82 Å². The van der Waals surface area contributed by atoms with Gasteiger partial charge in [-0.15, -0.1) is 0 Å². The molecule has 1 aromatic carbocycles. The molecule has 24 heavy (non-hydrogen) atoms. The van der Waals surface area contributed by atoms with Crippen molar-refractivity contribution >= 4 is 17.5 Å². The summed E-state index contributed by atoms with van der Waals surface area (Å²) in [5.41, 5.74) is -0.413. The Morgan fingerprint density at radius 3 is 2.71 bits per heavy atom. The minimum atomic E-state index is -0.831. The number of carbonyl (C=O) groups excluding carboxylic acids is 2. The van der Waals surface area contributed by atoms with Crippen LogP contribution in [0.2, 0.25) is 0 Å². The molecule has 126 valence electrons. The number of hydrogen-bond donors (Lipinski definition) is 1. The molecule has 0 bridgehead atoms. The van der Waals surface area contributed by atoms with E-state index in [1.54, 1.807) is 7.05 Å². The molecule has 0 aliphatic carbocycles. The molecule has 1 saturated heterocycles. The summed E-state index contributed by atoms with van der Waals surface area (Å²) >= 11 is 0. The lowest BCUT2D eigenvalue weighted by molar-refractivity contribution is -0.126. The lowest BCUT2D eigenvalue weighted by atomic mass is 10.1. The average Bonchev–Trinajstić information content (AvgIpc) is 3.11. The van der Waals surface area contributed by atoms with Crippen LogP contribution in [0.3, 0.4) is 0 Å². The predicted octanol–water partition coefficient (Wildman–Crippen LogP) is 0.763. The number of nitrogens with one attached hydrogen (secondary N) is 1. The van der Waals surface area contributed by atoms with E-state index in [1.165, 1.54) is 17.1 Å². The number of nitrogens with zero attached hydrogens (tertiary/aromatic N) is 4. The zero-order valence-corrected chi connectivity index (χ0v) is 12.9. The quantitative estimate of drug-likeness (QED) is 0.895. The van der Waals surface area contributed by atoms with Crippen LogP contribution in [0.25, 0.3) is 0 Å². The van der Waals surface area contributed by atoms with Crippen molar-refractivity contribution in [2.24, 2.45) is 13.0 Å². The molecule has 1 atom stereocenters. The molecular formula is C15H15F2N5O2. The van der Waals surface area contributed by atoms with E-state index in [0.717, 1.165) is 17.0 Å². The third-order valence-corrected chi connectivity index (χ3v) is 3.77. The highest BCUT2D eigenvalue weighted by Gasteiger charge is 2.37. The van der Waals surface area contributed by atoms with Gasteiger partial charge in [0.2, 0.25) is 11.8 Å². The number of aryl methyl sites for hydroxylation is 1. The first-order chi connectivity index (χ1) is 11.5. The van der Waals surface area contributed by atoms with Crippen molar-refractivity contribution in [3.63, 3.8) is 0 Å². The van der Waals surface area contributed by atoms with Crippen molar-refractivity contribution in [1.82, 2.24) is 20.1 Å². The second-order valence-corrected chi connectivity index (χ2v) is 5.53. The molecule has 1 aliphatic rings. The highest BCUT2D eigenvalue weighted by atomic mass is 19.1. The molecule has 1 aromatic heterocycles. The average molecular weight is 335 g/mol. The van der Waals surface area contributed by atoms with Gasteiger partial charge in [0.05, 0.1) is 12.5 Å². The SMILES string of the molecule is Cn1cnc(CNC(=O)[C@@H]2CC(=O)N(c3c(F)cccc3F)C2)n1. The molecule has 1 N–H and O–H groups in total. The number of amides is 2. The second kappa shape index (κ2) is 6.34. The number of halogens is 2. The maximum absolute atomic E-state index is 13.8. The molecular weight excluding hydrogens is 320 g/mol. The summed E-state index contributed by atoms with van der Waals surface area (Å²) in [5.74, 6) is -2.78. The van der Waals surface area contributed by atoms with Crippen molar-refractivity contribution in [1.29, 1.82) is 0 Å². The number of rotatable bonds is 4. The van der Waals surface area contributed by atoms with E-state index in [2.05, 4.69) is 15.4 Å². The summed E-state index contributed by atoms with van der Waals surface area (Å²) in [7, 11) is 1.70. The second-order valence-electron chi connectivity index (χ2n) is 5.53. The zero-order valence-electron chi connectivity index (χ0n) is 12.9. The van der Waals surface area contributed by atoms with Gasteiger partial charge in [-0.3, -0.25) is 14.3 Å². The molecule has 0 spiro atoms.